The average Bonchev–Trinajstić information content (AvgIpc) is 2.80. The number of hydrogen-bond acceptors (Lipinski definition) is 2. The standard InChI is InChI=1S/C30H58O2/c1-5-8-10-11-12-13-14-15-16-17-18-19-20-21-22-23-24-25-28(4)30(31)32-27-29(7-3)26-9-6-2/h25,29H,5-24,26-27H2,1-4H3. The first kappa shape index (κ1) is 31.2. The van der Waals surface area contributed by atoms with Crippen molar-refractivity contribution in [3.05, 3.63) is 11.6 Å². The summed E-state index contributed by atoms with van der Waals surface area (Å²) in [5, 5.41) is 0. The van der Waals surface area contributed by atoms with Crippen LogP contribution in [0.5, 0.6) is 0 Å². The van der Waals surface area contributed by atoms with Gasteiger partial charge in [-0.2, -0.15) is 0 Å². The lowest BCUT2D eigenvalue weighted by molar-refractivity contribution is -0.140. The van der Waals surface area contributed by atoms with Crippen molar-refractivity contribution >= 4 is 5.97 Å². The van der Waals surface area contributed by atoms with Crippen LogP contribution in [0.2, 0.25) is 0 Å². The van der Waals surface area contributed by atoms with Gasteiger partial charge in [0, 0.05) is 5.57 Å². The number of carbonyl (C=O) groups is 1. The van der Waals surface area contributed by atoms with Gasteiger partial charge >= 0.3 is 5.97 Å². The fourth-order valence-corrected chi connectivity index (χ4v) is 4.30. The summed E-state index contributed by atoms with van der Waals surface area (Å²) in [7, 11) is 0. The normalized spacial score (nSPS) is 12.8. The fraction of sp³-hybridized carbons (Fsp3) is 0.900. The molecule has 0 spiro atoms. The number of ether oxygens (including phenoxy) is 1. The van der Waals surface area contributed by atoms with Crippen LogP contribution in [0, 0.1) is 5.92 Å². The molecule has 0 bridgehead atoms. The second kappa shape index (κ2) is 24.8. The number of unbranched alkanes of at least 4 members (excludes halogenated alkanes) is 17. The van der Waals surface area contributed by atoms with E-state index in [9.17, 15) is 4.79 Å². The Labute approximate surface area is 202 Å². The summed E-state index contributed by atoms with van der Waals surface area (Å²) in [5.41, 5.74) is 0.788. The van der Waals surface area contributed by atoms with Crippen LogP contribution in [0.1, 0.15) is 163 Å². The van der Waals surface area contributed by atoms with E-state index in [-0.39, 0.29) is 5.97 Å². The third kappa shape index (κ3) is 21.1. The topological polar surface area (TPSA) is 26.3 Å². The lowest BCUT2D eigenvalue weighted by atomic mass is 10.0. The van der Waals surface area contributed by atoms with E-state index in [0.29, 0.717) is 12.5 Å². The summed E-state index contributed by atoms with van der Waals surface area (Å²) >= 11 is 0. The first-order valence-electron chi connectivity index (χ1n) is 14.5. The highest BCUT2D eigenvalue weighted by atomic mass is 16.5. The summed E-state index contributed by atoms with van der Waals surface area (Å²) in [6, 6.07) is 0. The molecule has 0 saturated heterocycles. The number of hydrogen-bond donors (Lipinski definition) is 0. The Hall–Kier alpha value is -0.790. The zero-order valence-electron chi connectivity index (χ0n) is 22.5. The van der Waals surface area contributed by atoms with Gasteiger partial charge in [0.05, 0.1) is 6.61 Å². The molecule has 1 atom stereocenters. The molecule has 0 aromatic heterocycles. The van der Waals surface area contributed by atoms with Crippen molar-refractivity contribution in [2.75, 3.05) is 6.61 Å². The summed E-state index contributed by atoms with van der Waals surface area (Å²) in [6.45, 7) is 9.18. The van der Waals surface area contributed by atoms with E-state index in [2.05, 4.69) is 26.8 Å². The molecule has 2 nitrogen and oxygen atoms in total. The Morgan fingerprint density at radius 2 is 1.09 bits per heavy atom. The van der Waals surface area contributed by atoms with Crippen molar-refractivity contribution in [2.24, 2.45) is 5.92 Å². The predicted octanol–water partition coefficient (Wildman–Crippen LogP) is 10.3. The van der Waals surface area contributed by atoms with Gasteiger partial charge in [-0.05, 0) is 32.1 Å². The molecule has 2 heteroatoms. The molecule has 0 aliphatic heterocycles. The Morgan fingerprint density at radius 3 is 1.53 bits per heavy atom. The highest BCUT2D eigenvalue weighted by Gasteiger charge is 2.11. The van der Waals surface area contributed by atoms with Crippen molar-refractivity contribution in [2.45, 2.75) is 163 Å². The maximum atomic E-state index is 12.1. The maximum Gasteiger partial charge on any atom is 0.333 e. The Morgan fingerprint density at radius 1 is 0.656 bits per heavy atom. The molecule has 0 radical (unpaired) electrons. The summed E-state index contributed by atoms with van der Waals surface area (Å²) < 4.78 is 5.53. The lowest BCUT2D eigenvalue weighted by Gasteiger charge is -2.14. The summed E-state index contributed by atoms with van der Waals surface area (Å²) in [5.74, 6) is 0.406. The van der Waals surface area contributed by atoms with Gasteiger partial charge in [-0.25, -0.2) is 4.79 Å². The number of esters is 1. The average molecular weight is 451 g/mol. The molecule has 0 aromatic carbocycles. The van der Waals surface area contributed by atoms with Crippen LogP contribution >= 0.6 is 0 Å². The van der Waals surface area contributed by atoms with Gasteiger partial charge in [0.15, 0.2) is 0 Å². The van der Waals surface area contributed by atoms with Gasteiger partial charge in [0.1, 0.15) is 0 Å². The quantitative estimate of drug-likeness (QED) is 0.0830. The molecule has 0 aromatic rings. The maximum absolute atomic E-state index is 12.1. The summed E-state index contributed by atoms with van der Waals surface area (Å²) in [6.07, 6.45) is 30.1. The third-order valence-electron chi connectivity index (χ3n) is 6.82. The molecular weight excluding hydrogens is 392 g/mol. The van der Waals surface area contributed by atoms with Gasteiger partial charge < -0.3 is 4.74 Å². The SMILES string of the molecule is CCCCCCCCCCCCCCCCCCC=C(C)C(=O)OCC(CC)CCCC. The van der Waals surface area contributed by atoms with Crippen molar-refractivity contribution in [1.82, 2.24) is 0 Å². The number of rotatable bonds is 24. The highest BCUT2D eigenvalue weighted by Crippen LogP contribution is 2.16. The molecule has 0 rings (SSSR count). The van der Waals surface area contributed by atoms with Crippen molar-refractivity contribution < 1.29 is 9.53 Å². The van der Waals surface area contributed by atoms with Crippen LogP contribution < -0.4 is 0 Å². The zero-order chi connectivity index (χ0) is 23.7. The van der Waals surface area contributed by atoms with Gasteiger partial charge in [0.2, 0.25) is 0 Å². The van der Waals surface area contributed by atoms with Crippen molar-refractivity contribution in [3.63, 3.8) is 0 Å². The molecule has 0 aliphatic rings. The van der Waals surface area contributed by atoms with E-state index in [1.165, 1.54) is 122 Å². The van der Waals surface area contributed by atoms with Crippen LogP contribution in [0.4, 0.5) is 0 Å². The Kier molecular flexibility index (Phi) is 24.2. The molecule has 0 fully saturated rings. The molecule has 0 aliphatic carbocycles. The van der Waals surface area contributed by atoms with E-state index in [0.717, 1.165) is 18.4 Å². The fourth-order valence-electron chi connectivity index (χ4n) is 4.30. The third-order valence-corrected chi connectivity index (χ3v) is 6.82. The summed E-state index contributed by atoms with van der Waals surface area (Å²) in [4.78, 5) is 12.1. The van der Waals surface area contributed by atoms with E-state index in [1.807, 2.05) is 6.92 Å². The molecule has 0 heterocycles. The molecule has 0 N–H and O–H groups in total. The minimum atomic E-state index is -0.114. The van der Waals surface area contributed by atoms with Gasteiger partial charge in [-0.15, -0.1) is 0 Å². The minimum Gasteiger partial charge on any atom is -0.462 e. The van der Waals surface area contributed by atoms with Crippen LogP contribution in [0.3, 0.4) is 0 Å². The van der Waals surface area contributed by atoms with Gasteiger partial charge in [-0.1, -0.05) is 142 Å². The Balaban J connectivity index is 3.47. The second-order valence-electron chi connectivity index (χ2n) is 9.99. The van der Waals surface area contributed by atoms with Crippen LogP contribution in [0.25, 0.3) is 0 Å². The van der Waals surface area contributed by atoms with Crippen LogP contribution in [-0.2, 0) is 9.53 Å². The van der Waals surface area contributed by atoms with Crippen LogP contribution in [0.15, 0.2) is 11.6 Å². The number of allylic oxidation sites excluding steroid dienone is 1. The largest absolute Gasteiger partial charge is 0.462 e. The predicted molar refractivity (Wildman–Crippen MR) is 142 cm³/mol. The van der Waals surface area contributed by atoms with E-state index >= 15 is 0 Å². The Bertz CT molecular complexity index is 427. The molecular formula is C30H58O2. The van der Waals surface area contributed by atoms with E-state index in [4.69, 9.17) is 4.74 Å². The molecule has 32 heavy (non-hydrogen) atoms. The monoisotopic (exact) mass is 450 g/mol. The molecule has 0 amide bonds. The lowest BCUT2D eigenvalue weighted by Crippen LogP contribution is -2.14. The van der Waals surface area contributed by atoms with Gasteiger partial charge in [-0.3, -0.25) is 0 Å². The number of carbonyl (C=O) groups excluding carboxylic acids is 1. The van der Waals surface area contributed by atoms with E-state index < -0.39 is 0 Å². The highest BCUT2D eigenvalue weighted by molar-refractivity contribution is 5.87. The smallest absolute Gasteiger partial charge is 0.333 e. The van der Waals surface area contributed by atoms with Crippen LogP contribution in [-0.4, -0.2) is 12.6 Å². The molecule has 1 unspecified atom stereocenters. The molecule has 190 valence electrons. The molecule has 0 saturated carbocycles. The van der Waals surface area contributed by atoms with Crippen molar-refractivity contribution in [3.8, 4) is 0 Å². The first-order chi connectivity index (χ1) is 15.7. The first-order valence-corrected chi connectivity index (χ1v) is 14.5. The second-order valence-corrected chi connectivity index (χ2v) is 9.99. The van der Waals surface area contributed by atoms with Gasteiger partial charge in [0.25, 0.3) is 0 Å². The minimum absolute atomic E-state index is 0.114. The van der Waals surface area contributed by atoms with E-state index in [1.54, 1.807) is 0 Å². The zero-order valence-corrected chi connectivity index (χ0v) is 22.5. The van der Waals surface area contributed by atoms with Crippen molar-refractivity contribution in [1.29, 1.82) is 0 Å².